The second-order valence-corrected chi connectivity index (χ2v) is 6.84. The van der Waals surface area contributed by atoms with E-state index in [0.717, 1.165) is 6.20 Å². The zero-order valence-corrected chi connectivity index (χ0v) is 17.3. The molecule has 7 nitrogen and oxygen atoms in total. The molecule has 0 saturated carbocycles. The Hall–Kier alpha value is -3.78. The number of para-hydroxylation sites is 1. The van der Waals surface area contributed by atoms with Crippen LogP contribution >= 0.6 is 11.6 Å². The average Bonchev–Trinajstić information content (AvgIpc) is 3.06. The summed E-state index contributed by atoms with van der Waals surface area (Å²) in [4.78, 5) is 20.2. The molecule has 0 saturated heterocycles. The monoisotopic (exact) mass is 438 g/mol. The topological polar surface area (TPSA) is 76.9 Å². The molecule has 2 heterocycles. The molecule has 3 aromatic rings. The average molecular weight is 439 g/mol. The zero-order valence-electron chi connectivity index (χ0n) is 16.5. The number of nitrogens with zero attached hydrogens (tertiary/aromatic N) is 4. The van der Waals surface area contributed by atoms with Gasteiger partial charge in [-0.05, 0) is 54.4 Å². The minimum absolute atomic E-state index is 0.144. The van der Waals surface area contributed by atoms with Crippen LogP contribution in [0.1, 0.15) is 12.5 Å². The van der Waals surface area contributed by atoms with Gasteiger partial charge in [-0.25, -0.2) is 4.98 Å². The number of aromatic nitrogens is 2. The van der Waals surface area contributed by atoms with Crippen molar-refractivity contribution in [3.05, 3.63) is 77.0 Å². The number of amides is 1. The van der Waals surface area contributed by atoms with Gasteiger partial charge in [0.25, 0.3) is 11.8 Å². The predicted octanol–water partition coefficient (Wildman–Crippen LogP) is 4.88. The lowest BCUT2D eigenvalue weighted by Gasteiger charge is -2.12. The molecule has 2 aromatic carbocycles. The van der Waals surface area contributed by atoms with Crippen LogP contribution in [0.2, 0.25) is 5.28 Å². The van der Waals surface area contributed by atoms with E-state index < -0.39 is 5.82 Å². The van der Waals surface area contributed by atoms with Crippen LogP contribution in [0.3, 0.4) is 0 Å². The van der Waals surface area contributed by atoms with E-state index in [9.17, 15) is 9.18 Å². The van der Waals surface area contributed by atoms with Gasteiger partial charge in [-0.1, -0.05) is 24.3 Å². The number of hydrogen-bond donors (Lipinski definition) is 0. The highest BCUT2D eigenvalue weighted by Gasteiger charge is 2.28. The van der Waals surface area contributed by atoms with E-state index >= 15 is 0 Å². The number of anilines is 1. The maximum Gasteiger partial charge on any atom is 0.280 e. The molecule has 9 heteroatoms. The lowest BCUT2D eigenvalue weighted by Crippen LogP contribution is -2.21. The SMILES string of the molecule is COc1cc(/C=C2/C(=O)N(c3ccccc3)N=C2C)ccc1Oc1nc(Cl)ncc1F. The molecule has 1 aliphatic rings. The van der Waals surface area contributed by atoms with Crippen LogP contribution in [-0.2, 0) is 4.79 Å². The Balaban J connectivity index is 1.62. The Kier molecular flexibility index (Phi) is 5.64. The molecule has 0 spiro atoms. The molecule has 0 atom stereocenters. The van der Waals surface area contributed by atoms with Gasteiger partial charge in [0.1, 0.15) is 0 Å². The molecule has 1 aliphatic heterocycles. The highest BCUT2D eigenvalue weighted by Crippen LogP contribution is 2.34. The second kappa shape index (κ2) is 8.53. The van der Waals surface area contributed by atoms with Gasteiger partial charge in [0.15, 0.2) is 11.5 Å². The first kappa shape index (κ1) is 20.5. The molecular weight excluding hydrogens is 423 g/mol. The third-order valence-electron chi connectivity index (χ3n) is 4.45. The highest BCUT2D eigenvalue weighted by molar-refractivity contribution is 6.32. The maximum atomic E-state index is 13.9. The fraction of sp³-hybridized carbons (Fsp3) is 0.0909. The summed E-state index contributed by atoms with van der Waals surface area (Å²) in [7, 11) is 1.45. The summed E-state index contributed by atoms with van der Waals surface area (Å²) in [5.74, 6) is -0.768. The largest absolute Gasteiger partial charge is 0.493 e. The van der Waals surface area contributed by atoms with Crippen molar-refractivity contribution in [1.82, 2.24) is 9.97 Å². The Labute approximate surface area is 182 Å². The van der Waals surface area contributed by atoms with Crippen molar-refractivity contribution in [3.8, 4) is 17.4 Å². The fourth-order valence-electron chi connectivity index (χ4n) is 2.96. The Morgan fingerprint density at radius 2 is 1.90 bits per heavy atom. The van der Waals surface area contributed by atoms with Crippen LogP contribution in [0.15, 0.2) is 65.4 Å². The van der Waals surface area contributed by atoms with Crippen molar-refractivity contribution in [1.29, 1.82) is 0 Å². The number of carbonyl (C=O) groups excluding carboxylic acids is 1. The van der Waals surface area contributed by atoms with Crippen molar-refractivity contribution in [2.75, 3.05) is 12.1 Å². The number of rotatable bonds is 5. The van der Waals surface area contributed by atoms with E-state index in [-0.39, 0.29) is 22.8 Å². The van der Waals surface area contributed by atoms with Crippen LogP contribution in [0.5, 0.6) is 17.4 Å². The molecule has 0 N–H and O–H groups in total. The zero-order chi connectivity index (χ0) is 22.0. The van der Waals surface area contributed by atoms with Crippen LogP contribution < -0.4 is 14.5 Å². The number of hydrogen-bond acceptors (Lipinski definition) is 6. The Bertz CT molecular complexity index is 1210. The first-order valence-corrected chi connectivity index (χ1v) is 9.55. The summed E-state index contributed by atoms with van der Waals surface area (Å²) in [6.07, 6.45) is 2.63. The molecule has 0 radical (unpaired) electrons. The molecular formula is C22H16ClFN4O3. The maximum absolute atomic E-state index is 13.9. The molecule has 4 rings (SSSR count). The lowest BCUT2D eigenvalue weighted by molar-refractivity contribution is -0.114. The lowest BCUT2D eigenvalue weighted by atomic mass is 10.1. The molecule has 0 bridgehead atoms. The van der Waals surface area contributed by atoms with Crippen molar-refractivity contribution in [3.63, 3.8) is 0 Å². The van der Waals surface area contributed by atoms with Crippen molar-refractivity contribution < 1.29 is 18.7 Å². The smallest absolute Gasteiger partial charge is 0.280 e. The van der Waals surface area contributed by atoms with E-state index in [4.69, 9.17) is 21.1 Å². The van der Waals surface area contributed by atoms with E-state index in [2.05, 4.69) is 15.1 Å². The minimum atomic E-state index is -0.762. The number of ether oxygens (including phenoxy) is 2. The standard InChI is InChI=1S/C22H16ClFN4O3/c1-13-16(21(29)28(27-13)15-6-4-3-5-7-15)10-14-8-9-18(19(11-14)30-2)31-20-17(24)12-25-22(23)26-20/h3-12H,1-2H3/b16-10+. The second-order valence-electron chi connectivity index (χ2n) is 6.50. The number of methoxy groups -OCH3 is 1. The number of carbonyl (C=O) groups is 1. The molecule has 31 heavy (non-hydrogen) atoms. The van der Waals surface area contributed by atoms with Crippen LogP contribution in [0, 0.1) is 5.82 Å². The number of benzene rings is 2. The predicted molar refractivity (Wildman–Crippen MR) is 115 cm³/mol. The van der Waals surface area contributed by atoms with Gasteiger partial charge < -0.3 is 9.47 Å². The summed E-state index contributed by atoms with van der Waals surface area (Å²) in [6, 6.07) is 14.1. The Morgan fingerprint density at radius 1 is 1.13 bits per heavy atom. The first-order valence-electron chi connectivity index (χ1n) is 9.17. The van der Waals surface area contributed by atoms with Crippen LogP contribution in [0.4, 0.5) is 10.1 Å². The molecule has 0 unspecified atom stereocenters. The van der Waals surface area contributed by atoms with E-state index in [1.165, 1.54) is 12.1 Å². The molecule has 156 valence electrons. The third-order valence-corrected chi connectivity index (χ3v) is 4.63. The summed E-state index contributed by atoms with van der Waals surface area (Å²) in [6.45, 7) is 1.77. The summed E-state index contributed by atoms with van der Waals surface area (Å²) < 4.78 is 24.7. The normalized spacial score (nSPS) is 14.7. The number of hydrazone groups is 1. The Morgan fingerprint density at radius 3 is 2.65 bits per heavy atom. The quantitative estimate of drug-likeness (QED) is 0.419. The van der Waals surface area contributed by atoms with Gasteiger partial charge in [0.2, 0.25) is 11.1 Å². The van der Waals surface area contributed by atoms with Gasteiger partial charge in [0.05, 0.1) is 30.3 Å². The molecule has 1 aromatic heterocycles. The highest BCUT2D eigenvalue weighted by atomic mass is 35.5. The van der Waals surface area contributed by atoms with E-state index in [0.29, 0.717) is 28.3 Å². The van der Waals surface area contributed by atoms with Crippen LogP contribution in [-0.4, -0.2) is 28.7 Å². The molecule has 0 fully saturated rings. The summed E-state index contributed by atoms with van der Waals surface area (Å²) in [5.41, 5.74) is 2.40. The first-order chi connectivity index (χ1) is 15.0. The van der Waals surface area contributed by atoms with Crippen molar-refractivity contribution in [2.45, 2.75) is 6.92 Å². The molecule has 1 amide bonds. The number of halogens is 2. The van der Waals surface area contributed by atoms with Gasteiger partial charge in [-0.3, -0.25) is 4.79 Å². The van der Waals surface area contributed by atoms with Crippen LogP contribution in [0.25, 0.3) is 6.08 Å². The molecule has 0 aliphatic carbocycles. The van der Waals surface area contributed by atoms with E-state index in [1.54, 1.807) is 31.2 Å². The summed E-state index contributed by atoms with van der Waals surface area (Å²) in [5, 5.41) is 5.57. The van der Waals surface area contributed by atoms with Gasteiger partial charge in [-0.15, -0.1) is 0 Å². The van der Waals surface area contributed by atoms with Gasteiger partial charge in [-0.2, -0.15) is 19.5 Å². The fourth-order valence-corrected chi connectivity index (χ4v) is 3.09. The van der Waals surface area contributed by atoms with Gasteiger partial charge in [0, 0.05) is 0 Å². The van der Waals surface area contributed by atoms with Crippen molar-refractivity contribution >= 4 is 35.0 Å². The van der Waals surface area contributed by atoms with Crippen molar-refractivity contribution in [2.24, 2.45) is 5.10 Å². The minimum Gasteiger partial charge on any atom is -0.493 e. The summed E-state index contributed by atoms with van der Waals surface area (Å²) >= 11 is 5.71. The van der Waals surface area contributed by atoms with E-state index in [1.807, 2.05) is 30.3 Å². The third kappa shape index (κ3) is 4.24. The van der Waals surface area contributed by atoms with Gasteiger partial charge >= 0.3 is 0 Å².